The maximum absolute atomic E-state index is 12.8. The number of hydrogen-bond acceptors (Lipinski definition) is 10. The van der Waals surface area contributed by atoms with E-state index in [1.54, 1.807) is 13.8 Å². The van der Waals surface area contributed by atoms with Crippen molar-refractivity contribution in [3.05, 3.63) is 60.0 Å². The highest BCUT2D eigenvalue weighted by molar-refractivity contribution is 9.09. The predicted octanol–water partition coefficient (Wildman–Crippen LogP) is 8.02. The number of anilines is 1. The largest absolute Gasteiger partial charge is 0.466 e. The molecule has 1 unspecified atom stereocenters. The van der Waals surface area contributed by atoms with Gasteiger partial charge in [0.2, 0.25) is 0 Å². The molecule has 1 saturated carbocycles. The summed E-state index contributed by atoms with van der Waals surface area (Å²) < 4.78 is 60.5. The van der Waals surface area contributed by atoms with Gasteiger partial charge in [-0.3, -0.25) is 13.9 Å². The molecule has 4 rings (SSSR count). The molecule has 1 heterocycles. The normalized spacial score (nSPS) is 16.3. The first-order valence-corrected chi connectivity index (χ1v) is 21.5. The average Bonchev–Trinajstić information content (AvgIpc) is 3.87. The van der Waals surface area contributed by atoms with Gasteiger partial charge in [0.05, 0.1) is 59.5 Å². The van der Waals surface area contributed by atoms with Crippen LogP contribution in [0.3, 0.4) is 0 Å². The number of alkyl halides is 1. The minimum atomic E-state index is -4.13. The smallest absolute Gasteiger partial charge is 0.321 e. The lowest BCUT2D eigenvalue weighted by Crippen LogP contribution is -2.57. The van der Waals surface area contributed by atoms with E-state index < -0.39 is 44.6 Å². The summed E-state index contributed by atoms with van der Waals surface area (Å²) in [4.78, 5) is 22.8. The molecule has 0 aromatic heterocycles. The number of aliphatic hydroxyl groups is 1. The van der Waals surface area contributed by atoms with Gasteiger partial charge >= 0.3 is 22.1 Å². The van der Waals surface area contributed by atoms with Gasteiger partial charge in [-0.1, -0.05) is 93.0 Å². The number of esters is 2. The molecule has 1 N–H and O–H groups in total. The first-order chi connectivity index (χ1) is 23.8. The molecule has 12 nitrogen and oxygen atoms in total. The van der Waals surface area contributed by atoms with Gasteiger partial charge in [0, 0.05) is 44.1 Å². The van der Waals surface area contributed by atoms with Crippen LogP contribution in [0.2, 0.25) is 30.1 Å². The van der Waals surface area contributed by atoms with Crippen molar-refractivity contribution in [2.24, 2.45) is 5.92 Å². The molecule has 2 aliphatic rings. The molecular formula is C31H40BrCl6N3O9S2. The molecule has 2 aromatic carbocycles. The zero-order valence-corrected chi connectivity index (χ0v) is 35.1. The Kier molecular flexibility index (Phi) is 23.7. The van der Waals surface area contributed by atoms with Crippen LogP contribution >= 0.6 is 85.5 Å². The lowest BCUT2D eigenvalue weighted by molar-refractivity contribution is -0.144. The number of hydrogen-bond donors (Lipinski definition) is 1. The van der Waals surface area contributed by atoms with Crippen LogP contribution in [0.4, 0.5) is 5.69 Å². The fraction of sp³-hybridized carbons (Fsp3) is 0.516. The molecule has 52 heavy (non-hydrogen) atoms. The number of benzene rings is 2. The molecule has 2 fully saturated rings. The van der Waals surface area contributed by atoms with Crippen molar-refractivity contribution < 1.29 is 41.0 Å². The molecule has 0 radical (unpaired) electrons. The minimum Gasteiger partial charge on any atom is -0.466 e. The van der Waals surface area contributed by atoms with Gasteiger partial charge < -0.3 is 14.6 Å². The summed E-state index contributed by atoms with van der Waals surface area (Å²) >= 11 is 39.0. The summed E-state index contributed by atoms with van der Waals surface area (Å²) in [6, 6.07) is 5.53. The zero-order chi connectivity index (χ0) is 39.1. The molecule has 2 aromatic rings. The number of carbonyl (C=O) groups is 2. The van der Waals surface area contributed by atoms with Gasteiger partial charge in [-0.2, -0.15) is 12.7 Å². The van der Waals surface area contributed by atoms with Crippen LogP contribution in [0.1, 0.15) is 46.1 Å². The Hall–Kier alpha value is -1.29. The highest BCUT2D eigenvalue weighted by Gasteiger charge is 2.40. The lowest BCUT2D eigenvalue weighted by atomic mass is 10.2. The highest BCUT2D eigenvalue weighted by atomic mass is 79.9. The van der Waals surface area contributed by atoms with Crippen LogP contribution in [0.15, 0.2) is 24.3 Å². The number of aliphatic hydroxyl groups excluding tert-OH is 1. The molecule has 21 heteroatoms. The summed E-state index contributed by atoms with van der Waals surface area (Å²) in [6.07, 6.45) is 1.70. The Bertz CT molecular complexity index is 1690. The third kappa shape index (κ3) is 17.0. The van der Waals surface area contributed by atoms with E-state index in [2.05, 4.69) is 27.2 Å². The van der Waals surface area contributed by atoms with Gasteiger partial charge in [0.1, 0.15) is 6.54 Å². The Morgan fingerprint density at radius 2 is 1.37 bits per heavy atom. The van der Waals surface area contributed by atoms with Gasteiger partial charge in [-0.15, -0.1) is 0 Å². The van der Waals surface area contributed by atoms with Gasteiger partial charge in [-0.25, -0.2) is 13.7 Å². The Morgan fingerprint density at radius 1 is 0.904 bits per heavy atom. The van der Waals surface area contributed by atoms with E-state index in [9.17, 15) is 31.5 Å². The van der Waals surface area contributed by atoms with Crippen molar-refractivity contribution in [2.75, 3.05) is 48.2 Å². The number of carbonyl (C=O) groups excluding carboxylic acids is 2. The van der Waals surface area contributed by atoms with Gasteiger partial charge in [0.25, 0.3) is 0 Å². The van der Waals surface area contributed by atoms with Gasteiger partial charge in [-0.05, 0) is 56.9 Å². The average molecular weight is 955 g/mol. The number of sulfone groups is 1. The maximum atomic E-state index is 12.8. The number of ether oxygens (including phenoxy) is 2. The van der Waals surface area contributed by atoms with E-state index in [-0.39, 0.29) is 88.0 Å². The van der Waals surface area contributed by atoms with E-state index in [1.165, 1.54) is 42.4 Å². The predicted molar refractivity (Wildman–Crippen MR) is 212 cm³/mol. The Labute approximate surface area is 344 Å². The van der Waals surface area contributed by atoms with Crippen LogP contribution in [0, 0.1) is 17.8 Å². The molecule has 1 aliphatic heterocycles. The van der Waals surface area contributed by atoms with Crippen LogP contribution in [0.25, 0.3) is 0 Å². The lowest BCUT2D eigenvalue weighted by Gasteiger charge is -2.38. The second kappa shape index (κ2) is 24.3. The third-order valence-electron chi connectivity index (χ3n) is 6.55. The number of halogens is 7. The van der Waals surface area contributed by atoms with E-state index in [4.69, 9.17) is 79.6 Å². The molecule has 1 saturated heterocycles. The van der Waals surface area contributed by atoms with Gasteiger partial charge in [0.15, 0.2) is 9.84 Å². The SMILES string of the molecule is BrCC1CC1.C.C#N.CCOC(=O)CCS(=O)(=O)Cc1c(Cl)cc(Cl)cc1Cl.CCOC(=O)CN1CC(O)CN(c2c(Cl)cc(Cl)cc2Cl)S1(=O)=O. The fourth-order valence-electron chi connectivity index (χ4n) is 4.03. The minimum absolute atomic E-state index is 0. The van der Waals surface area contributed by atoms with E-state index in [0.717, 1.165) is 14.5 Å². The second-order valence-electron chi connectivity index (χ2n) is 10.6. The molecule has 0 spiro atoms. The van der Waals surface area contributed by atoms with E-state index >= 15 is 0 Å². The standard InChI is InChI=1S/C13H15Cl3N2O5S.C12H13Cl3O4S.C4H7Br.CHN.CH4/c1-2-23-12(20)7-17-5-9(19)6-18(24(17,21)22)13-10(15)3-8(14)4-11(13)16;1-2-19-12(16)3-4-20(17,18)7-9-10(14)5-8(13)6-11(9)15;5-3-4-1-2-4;1-2;/h3-4,9,19H,2,5-7H2,1H3;5-6H,2-4,7H2,1H3;4H,1-3H2;1H;1H4. The Balaban J connectivity index is 0.000000839. The molecule has 1 atom stereocenters. The van der Waals surface area contributed by atoms with Crippen LogP contribution < -0.4 is 4.31 Å². The molecule has 0 amide bonds. The van der Waals surface area contributed by atoms with Crippen molar-refractivity contribution >= 4 is 123 Å². The zero-order valence-electron chi connectivity index (χ0n) is 27.3. The topological polar surface area (TPSA) is 171 Å². The van der Waals surface area contributed by atoms with Crippen molar-refractivity contribution in [2.45, 2.75) is 52.4 Å². The highest BCUT2D eigenvalue weighted by Crippen LogP contribution is 2.39. The van der Waals surface area contributed by atoms with Crippen LogP contribution in [0.5, 0.6) is 0 Å². The van der Waals surface area contributed by atoms with Crippen molar-refractivity contribution in [1.29, 1.82) is 5.26 Å². The third-order valence-corrected chi connectivity index (χ3v) is 12.5. The summed E-state index contributed by atoms with van der Waals surface area (Å²) in [5.41, 5.74) is 0.275. The van der Waals surface area contributed by atoms with Crippen molar-refractivity contribution in [3.63, 3.8) is 0 Å². The van der Waals surface area contributed by atoms with Crippen molar-refractivity contribution in [1.82, 2.24) is 4.31 Å². The molecule has 0 bridgehead atoms. The number of nitriles is 1. The van der Waals surface area contributed by atoms with Crippen molar-refractivity contribution in [3.8, 4) is 6.57 Å². The fourth-order valence-corrected chi connectivity index (χ4v) is 9.98. The van der Waals surface area contributed by atoms with E-state index in [1.807, 2.05) is 0 Å². The number of rotatable bonds is 11. The van der Waals surface area contributed by atoms with E-state index in [0.29, 0.717) is 5.02 Å². The molecule has 1 aliphatic carbocycles. The molecule has 294 valence electrons. The van der Waals surface area contributed by atoms with Crippen LogP contribution in [-0.4, -0.2) is 88.2 Å². The first kappa shape index (κ1) is 50.7. The summed E-state index contributed by atoms with van der Waals surface area (Å²) in [6.45, 7) is 6.09. The molecular weight excluding hydrogens is 915 g/mol. The summed E-state index contributed by atoms with van der Waals surface area (Å²) in [5, 5.41) is 18.7. The maximum Gasteiger partial charge on any atom is 0.321 e. The second-order valence-corrected chi connectivity index (χ2v) is 17.8. The quantitative estimate of drug-likeness (QED) is 0.172. The summed E-state index contributed by atoms with van der Waals surface area (Å²) in [7, 11) is -7.65. The Morgan fingerprint density at radius 3 is 1.79 bits per heavy atom. The number of nitrogens with zero attached hydrogens (tertiary/aromatic N) is 3. The number of β-amino-alcohol motifs (C(OH)–C–C–N with tert-alkyl or cyclic N) is 1. The monoisotopic (exact) mass is 951 g/mol. The van der Waals surface area contributed by atoms with Crippen LogP contribution in [-0.2, 0) is 44.9 Å². The summed E-state index contributed by atoms with van der Waals surface area (Å²) in [5.74, 6) is -0.884. The first-order valence-electron chi connectivity index (χ1n) is 14.9.